The number of ether oxygens (including phenoxy) is 1. The Morgan fingerprint density at radius 1 is 1.32 bits per heavy atom. The van der Waals surface area contributed by atoms with Crippen LogP contribution in [0.15, 0.2) is 29.2 Å². The average Bonchev–Trinajstić information content (AvgIpc) is 2.44. The Balaban J connectivity index is 2.35. The summed E-state index contributed by atoms with van der Waals surface area (Å²) in [5.74, 6) is 0.624. The lowest BCUT2D eigenvalue weighted by atomic mass is 10.3. The van der Waals surface area contributed by atoms with Crippen molar-refractivity contribution in [1.82, 2.24) is 10.6 Å². The number of hydrogen-bond donors (Lipinski definition) is 2. The topological polar surface area (TPSA) is 50.4 Å². The summed E-state index contributed by atoms with van der Waals surface area (Å²) < 4.78 is 5.59. The van der Waals surface area contributed by atoms with Gasteiger partial charge in [0.25, 0.3) is 5.91 Å². The van der Waals surface area contributed by atoms with Gasteiger partial charge in [-0.2, -0.15) is 0 Å². The van der Waals surface area contributed by atoms with Crippen LogP contribution < -0.4 is 15.4 Å². The van der Waals surface area contributed by atoms with Gasteiger partial charge in [0.2, 0.25) is 0 Å². The normalized spacial score (nSPS) is 11.9. The minimum Gasteiger partial charge on any atom is -0.481 e. The molecule has 5 heteroatoms. The van der Waals surface area contributed by atoms with Gasteiger partial charge in [-0.1, -0.05) is 6.92 Å². The van der Waals surface area contributed by atoms with Gasteiger partial charge in [0.05, 0.1) is 0 Å². The van der Waals surface area contributed by atoms with Gasteiger partial charge in [-0.15, -0.1) is 11.8 Å². The smallest absolute Gasteiger partial charge is 0.260 e. The van der Waals surface area contributed by atoms with Crippen LogP contribution in [0.3, 0.4) is 0 Å². The highest BCUT2D eigenvalue weighted by Gasteiger charge is 2.13. The maximum atomic E-state index is 11.8. The number of benzene rings is 1. The first kappa shape index (κ1) is 15.9. The van der Waals surface area contributed by atoms with Crippen molar-refractivity contribution in [2.45, 2.75) is 24.8 Å². The van der Waals surface area contributed by atoms with Gasteiger partial charge in [0, 0.05) is 18.0 Å². The van der Waals surface area contributed by atoms with Gasteiger partial charge in [-0.25, -0.2) is 0 Å². The molecule has 1 aromatic rings. The largest absolute Gasteiger partial charge is 0.481 e. The van der Waals surface area contributed by atoms with Crippen molar-refractivity contribution < 1.29 is 9.53 Å². The second-order valence-electron chi connectivity index (χ2n) is 4.08. The van der Waals surface area contributed by atoms with Crippen LogP contribution in [0.2, 0.25) is 0 Å². The van der Waals surface area contributed by atoms with E-state index >= 15 is 0 Å². The Hall–Kier alpha value is -1.20. The highest BCUT2D eigenvalue weighted by Crippen LogP contribution is 2.19. The average molecular weight is 282 g/mol. The molecular formula is C14H22N2O2S. The molecule has 106 valence electrons. The first-order chi connectivity index (χ1) is 9.17. The molecule has 1 aromatic carbocycles. The second-order valence-corrected chi connectivity index (χ2v) is 4.96. The molecule has 0 aliphatic carbocycles. The summed E-state index contributed by atoms with van der Waals surface area (Å²) >= 11 is 1.68. The van der Waals surface area contributed by atoms with Crippen LogP contribution in [0, 0.1) is 0 Å². The maximum Gasteiger partial charge on any atom is 0.260 e. The third kappa shape index (κ3) is 5.98. The predicted molar refractivity (Wildman–Crippen MR) is 79.9 cm³/mol. The Morgan fingerprint density at radius 2 is 2.00 bits per heavy atom. The van der Waals surface area contributed by atoms with E-state index in [1.54, 1.807) is 18.7 Å². The fraction of sp³-hybridized carbons (Fsp3) is 0.500. The molecule has 1 rings (SSSR count). The number of carbonyl (C=O) groups is 1. The Morgan fingerprint density at radius 3 is 2.58 bits per heavy atom. The van der Waals surface area contributed by atoms with E-state index in [0.717, 1.165) is 13.1 Å². The third-order valence-electron chi connectivity index (χ3n) is 2.59. The van der Waals surface area contributed by atoms with E-state index in [2.05, 4.69) is 10.6 Å². The molecule has 0 aliphatic heterocycles. The highest BCUT2D eigenvalue weighted by molar-refractivity contribution is 7.98. The van der Waals surface area contributed by atoms with E-state index in [1.165, 1.54) is 4.90 Å². The van der Waals surface area contributed by atoms with E-state index < -0.39 is 6.10 Å². The van der Waals surface area contributed by atoms with Crippen LogP contribution in [0.5, 0.6) is 5.75 Å². The van der Waals surface area contributed by atoms with Crippen LogP contribution in [-0.2, 0) is 4.79 Å². The lowest BCUT2D eigenvalue weighted by Gasteiger charge is -2.15. The maximum absolute atomic E-state index is 11.8. The first-order valence-electron chi connectivity index (χ1n) is 6.46. The molecule has 0 aromatic heterocycles. The summed E-state index contributed by atoms with van der Waals surface area (Å²) in [6.45, 7) is 6.09. The summed E-state index contributed by atoms with van der Waals surface area (Å²) in [7, 11) is 0. The molecule has 0 spiro atoms. The molecular weight excluding hydrogens is 260 g/mol. The number of nitrogens with one attached hydrogen (secondary N) is 2. The number of likely N-dealkylation sites (N-methyl/N-ethyl adjacent to an activating group) is 1. The standard InChI is InChI=1S/C14H22N2O2S/c1-4-15-9-10-16-14(17)11(2)18-12-5-7-13(19-3)8-6-12/h5-8,11,15H,4,9-10H2,1-3H3,(H,16,17). The lowest BCUT2D eigenvalue weighted by Crippen LogP contribution is -2.39. The molecule has 0 saturated heterocycles. The minimum atomic E-state index is -0.484. The van der Waals surface area contributed by atoms with Crippen molar-refractivity contribution in [3.8, 4) is 5.75 Å². The van der Waals surface area contributed by atoms with Gasteiger partial charge in [0.15, 0.2) is 6.10 Å². The zero-order valence-corrected chi connectivity index (χ0v) is 12.5. The Kier molecular flexibility index (Phi) is 7.36. The molecule has 0 bridgehead atoms. The van der Waals surface area contributed by atoms with Gasteiger partial charge < -0.3 is 15.4 Å². The summed E-state index contributed by atoms with van der Waals surface area (Å²) in [4.78, 5) is 12.9. The molecule has 2 N–H and O–H groups in total. The SMILES string of the molecule is CCNCCNC(=O)C(C)Oc1ccc(SC)cc1. The van der Waals surface area contributed by atoms with Crippen molar-refractivity contribution in [1.29, 1.82) is 0 Å². The molecule has 0 aliphatic rings. The van der Waals surface area contributed by atoms with E-state index in [0.29, 0.717) is 12.3 Å². The highest BCUT2D eigenvalue weighted by atomic mass is 32.2. The van der Waals surface area contributed by atoms with Crippen molar-refractivity contribution in [2.24, 2.45) is 0 Å². The Bertz CT molecular complexity index is 382. The third-order valence-corrected chi connectivity index (χ3v) is 3.34. The van der Waals surface area contributed by atoms with Gasteiger partial charge in [0.1, 0.15) is 5.75 Å². The van der Waals surface area contributed by atoms with E-state index in [4.69, 9.17) is 4.74 Å². The molecule has 19 heavy (non-hydrogen) atoms. The number of hydrogen-bond acceptors (Lipinski definition) is 4. The monoisotopic (exact) mass is 282 g/mol. The van der Waals surface area contributed by atoms with Crippen molar-refractivity contribution in [3.05, 3.63) is 24.3 Å². The minimum absolute atomic E-state index is 0.0909. The first-order valence-corrected chi connectivity index (χ1v) is 7.69. The molecule has 0 radical (unpaired) electrons. The number of carbonyl (C=O) groups excluding carboxylic acids is 1. The van der Waals surface area contributed by atoms with Crippen molar-refractivity contribution in [3.63, 3.8) is 0 Å². The van der Waals surface area contributed by atoms with Gasteiger partial charge in [-0.05, 0) is 44.0 Å². The van der Waals surface area contributed by atoms with Crippen LogP contribution in [-0.4, -0.2) is 37.9 Å². The van der Waals surface area contributed by atoms with Gasteiger partial charge >= 0.3 is 0 Å². The number of thioether (sulfide) groups is 1. The summed E-state index contributed by atoms with van der Waals surface area (Å²) in [5, 5.41) is 5.98. The lowest BCUT2D eigenvalue weighted by molar-refractivity contribution is -0.127. The van der Waals surface area contributed by atoms with Crippen LogP contribution in [0.4, 0.5) is 0 Å². The second kappa shape index (κ2) is 8.82. The van der Waals surface area contributed by atoms with Gasteiger partial charge in [-0.3, -0.25) is 4.79 Å². The summed E-state index contributed by atoms with van der Waals surface area (Å²) in [6.07, 6.45) is 1.54. The zero-order chi connectivity index (χ0) is 14.1. The number of rotatable bonds is 8. The van der Waals surface area contributed by atoms with E-state index in [1.807, 2.05) is 37.4 Å². The molecule has 0 heterocycles. The molecule has 0 saturated carbocycles. The summed E-state index contributed by atoms with van der Waals surface area (Å²) in [5.41, 5.74) is 0. The molecule has 4 nitrogen and oxygen atoms in total. The van der Waals surface area contributed by atoms with Crippen molar-refractivity contribution in [2.75, 3.05) is 25.9 Å². The molecule has 1 amide bonds. The Labute approximate surface area is 119 Å². The van der Waals surface area contributed by atoms with Crippen molar-refractivity contribution >= 4 is 17.7 Å². The summed E-state index contributed by atoms with van der Waals surface area (Å²) in [6, 6.07) is 7.73. The fourth-order valence-corrected chi connectivity index (χ4v) is 1.91. The van der Waals surface area contributed by atoms with Crippen LogP contribution in [0.1, 0.15) is 13.8 Å². The predicted octanol–water partition coefficient (Wildman–Crippen LogP) is 1.90. The quantitative estimate of drug-likeness (QED) is 0.565. The number of amides is 1. The molecule has 1 unspecified atom stereocenters. The van der Waals surface area contributed by atoms with E-state index in [-0.39, 0.29) is 5.91 Å². The molecule has 1 atom stereocenters. The molecule has 0 fully saturated rings. The van der Waals surface area contributed by atoms with Crippen LogP contribution >= 0.6 is 11.8 Å². The zero-order valence-electron chi connectivity index (χ0n) is 11.7. The van der Waals surface area contributed by atoms with E-state index in [9.17, 15) is 4.79 Å². The van der Waals surface area contributed by atoms with Crippen LogP contribution in [0.25, 0.3) is 0 Å². The fourth-order valence-electron chi connectivity index (χ4n) is 1.51.